The lowest BCUT2D eigenvalue weighted by molar-refractivity contribution is 0.0601. The van der Waals surface area contributed by atoms with Crippen LogP contribution in [0.2, 0.25) is 5.02 Å². The predicted molar refractivity (Wildman–Crippen MR) is 178 cm³/mol. The Morgan fingerprint density at radius 2 is 1.67 bits per heavy atom. The van der Waals surface area contributed by atoms with Gasteiger partial charge in [-0.2, -0.15) is 5.26 Å². The van der Waals surface area contributed by atoms with Crippen molar-refractivity contribution in [1.29, 1.82) is 5.26 Å². The molecule has 5 aromatic carbocycles. The van der Waals surface area contributed by atoms with E-state index in [4.69, 9.17) is 16.3 Å². The quantitative estimate of drug-likeness (QED) is 0.117. The Bertz CT molecular complexity index is 2320. The molecule has 0 fully saturated rings. The fourth-order valence-electron chi connectivity index (χ4n) is 5.56. The van der Waals surface area contributed by atoms with Gasteiger partial charge in [0.2, 0.25) is 0 Å². The van der Waals surface area contributed by atoms with Crippen molar-refractivity contribution in [3.05, 3.63) is 136 Å². The van der Waals surface area contributed by atoms with E-state index in [9.17, 15) is 32.3 Å². The van der Waals surface area contributed by atoms with Gasteiger partial charge >= 0.3 is 5.97 Å². The summed E-state index contributed by atoms with van der Waals surface area (Å²) in [5.41, 5.74) is 2.39. The molecule has 6 aromatic rings. The molecule has 0 N–H and O–H groups in total. The molecule has 1 aromatic heterocycles. The fourth-order valence-corrected chi connectivity index (χ4v) is 7.15. The number of methoxy groups -OCH3 is 1. The van der Waals surface area contributed by atoms with E-state index < -0.39 is 29.2 Å². The zero-order chi connectivity index (χ0) is 34.1. The van der Waals surface area contributed by atoms with Crippen molar-refractivity contribution in [2.45, 2.75) is 11.3 Å². The Morgan fingerprint density at radius 3 is 2.35 bits per heavy atom. The highest BCUT2D eigenvalue weighted by atomic mass is 35.5. The molecule has 0 aliphatic rings. The number of nitriles is 1. The molecule has 48 heavy (non-hydrogen) atoms. The number of nitroso groups, excluding NO2 is 1. The molecule has 0 amide bonds. The van der Waals surface area contributed by atoms with Crippen LogP contribution in [0, 0.1) is 22.1 Å². The first-order valence-corrected chi connectivity index (χ1v) is 15.7. The van der Waals surface area contributed by atoms with Crippen LogP contribution in [0.3, 0.4) is 0 Å². The summed E-state index contributed by atoms with van der Waals surface area (Å²) < 4.78 is 62.3. The van der Waals surface area contributed by atoms with Gasteiger partial charge in [-0.25, -0.2) is 22.2 Å². The number of benzene rings is 5. The Labute approximate surface area is 279 Å². The summed E-state index contributed by atoms with van der Waals surface area (Å²) in [5, 5.41) is 13.3. The maximum atomic E-state index is 14.9. The van der Waals surface area contributed by atoms with Crippen molar-refractivity contribution in [3.8, 4) is 39.6 Å². The first-order chi connectivity index (χ1) is 23.2. The maximum absolute atomic E-state index is 14.9. The molecule has 0 saturated carbocycles. The van der Waals surface area contributed by atoms with Crippen molar-refractivity contribution in [2.24, 2.45) is 5.18 Å². The van der Waals surface area contributed by atoms with Crippen LogP contribution in [0.15, 0.2) is 113 Å². The number of hydrogen-bond acceptors (Lipinski definition) is 6. The number of rotatable bonds is 8. The average Bonchev–Trinajstić information content (AvgIpc) is 3.44. The number of carbonyl (C=O) groups excluding carboxylic acids is 1. The van der Waals surface area contributed by atoms with Crippen LogP contribution in [0.4, 0.5) is 18.9 Å². The molecule has 0 aliphatic heterocycles. The molecule has 238 valence electrons. The molecular formula is C36H21ClF3N3O4S. The molecule has 7 nitrogen and oxygen atoms in total. The largest absolute Gasteiger partial charge is 0.465 e. The van der Waals surface area contributed by atoms with E-state index >= 15 is 0 Å². The second kappa shape index (κ2) is 13.3. The minimum atomic E-state index is -2.72. The van der Waals surface area contributed by atoms with E-state index in [0.717, 1.165) is 7.11 Å². The predicted octanol–water partition coefficient (Wildman–Crippen LogP) is 10.00. The number of halogens is 4. The van der Waals surface area contributed by atoms with Crippen LogP contribution in [-0.4, -0.2) is 21.3 Å². The van der Waals surface area contributed by atoms with Crippen LogP contribution in [-0.2, 0) is 15.7 Å². The Kier molecular flexibility index (Phi) is 8.95. The third-order valence-electron chi connectivity index (χ3n) is 7.76. The standard InChI is InChI=1S/C36H21ClF3N3O4S/c1-47-36(44)28-15-14-27(32(37)33(28)42-45)21-6-4-7-22(17-21)34-31(26-8-3-2-5-23(26)19-41)29-18-24(38)11-16-30(29)43(34)48(46)25-12-9-20(10-13-25)35(39)40/h2-18,35H,1H3. The lowest BCUT2D eigenvalue weighted by Gasteiger charge is -2.15. The van der Waals surface area contributed by atoms with E-state index in [1.54, 1.807) is 48.5 Å². The summed E-state index contributed by atoms with van der Waals surface area (Å²) in [5.74, 6) is -1.37. The van der Waals surface area contributed by atoms with Gasteiger partial charge in [-0.1, -0.05) is 66.2 Å². The molecule has 0 spiro atoms. The minimum Gasteiger partial charge on any atom is -0.465 e. The van der Waals surface area contributed by atoms with E-state index in [1.165, 1.54) is 58.6 Å². The smallest absolute Gasteiger partial charge is 0.340 e. The summed E-state index contributed by atoms with van der Waals surface area (Å²) in [7, 11) is -0.901. The molecule has 0 aliphatic carbocycles. The van der Waals surface area contributed by atoms with Gasteiger partial charge in [0.1, 0.15) is 11.5 Å². The lowest BCUT2D eigenvalue weighted by atomic mass is 9.93. The molecule has 12 heteroatoms. The number of esters is 1. The number of carbonyl (C=O) groups is 1. The first-order valence-electron chi connectivity index (χ1n) is 14.2. The number of alkyl halides is 2. The number of fused-ring (bicyclic) bond motifs is 1. The van der Waals surface area contributed by atoms with Gasteiger partial charge in [0, 0.05) is 33.2 Å². The highest BCUT2D eigenvalue weighted by molar-refractivity contribution is 7.83. The molecule has 1 heterocycles. The van der Waals surface area contributed by atoms with Gasteiger partial charge in [0.15, 0.2) is 11.0 Å². The van der Waals surface area contributed by atoms with Gasteiger partial charge in [-0.15, -0.1) is 4.91 Å². The van der Waals surface area contributed by atoms with E-state index in [-0.39, 0.29) is 32.3 Å². The lowest BCUT2D eigenvalue weighted by Crippen LogP contribution is -2.07. The van der Waals surface area contributed by atoms with E-state index in [2.05, 4.69) is 11.2 Å². The second-order valence-corrected chi connectivity index (χ2v) is 12.2. The second-order valence-electron chi connectivity index (χ2n) is 10.4. The van der Waals surface area contributed by atoms with E-state index in [1.807, 2.05) is 0 Å². The summed E-state index contributed by atoms with van der Waals surface area (Å²) >= 11 is 6.61. The van der Waals surface area contributed by atoms with Crippen LogP contribution in [0.25, 0.3) is 44.4 Å². The summed E-state index contributed by atoms with van der Waals surface area (Å²) in [6.45, 7) is 0. The first kappa shape index (κ1) is 32.4. The molecule has 1 atom stereocenters. The monoisotopic (exact) mass is 683 g/mol. The van der Waals surface area contributed by atoms with Crippen LogP contribution in [0.5, 0.6) is 0 Å². The minimum absolute atomic E-state index is 0.106. The normalized spacial score (nSPS) is 11.8. The van der Waals surface area contributed by atoms with Gasteiger partial charge in [0.25, 0.3) is 6.43 Å². The summed E-state index contributed by atoms with van der Waals surface area (Å²) in [4.78, 5) is 24.2. The maximum Gasteiger partial charge on any atom is 0.340 e. The third kappa shape index (κ3) is 5.65. The summed E-state index contributed by atoms with van der Waals surface area (Å²) in [6.07, 6.45) is -2.72. The SMILES string of the molecule is COC(=O)c1ccc(-c2cccc(-c3c(-c4ccccc4C#N)c4cc(F)ccc4n3S(=O)c3ccc(C(F)F)cc3)c2)c(Cl)c1N=O. The number of ether oxygens (including phenoxy) is 1. The van der Waals surface area contributed by atoms with Crippen LogP contribution in [0.1, 0.15) is 27.9 Å². The molecule has 1 unspecified atom stereocenters. The zero-order valence-corrected chi connectivity index (χ0v) is 26.4. The van der Waals surface area contributed by atoms with E-state index in [0.29, 0.717) is 44.4 Å². The molecule has 6 rings (SSSR count). The average molecular weight is 684 g/mol. The molecule has 0 saturated heterocycles. The Hall–Kier alpha value is -5.57. The molecule has 0 radical (unpaired) electrons. The highest BCUT2D eigenvalue weighted by Crippen LogP contribution is 2.45. The van der Waals surface area contributed by atoms with Crippen LogP contribution >= 0.6 is 11.6 Å². The zero-order valence-electron chi connectivity index (χ0n) is 24.8. The third-order valence-corrected chi connectivity index (χ3v) is 9.53. The molecule has 0 bridgehead atoms. The van der Waals surface area contributed by atoms with Crippen molar-refractivity contribution >= 4 is 45.1 Å². The van der Waals surface area contributed by atoms with Crippen LogP contribution < -0.4 is 0 Å². The summed E-state index contributed by atoms with van der Waals surface area (Å²) in [6, 6.07) is 27.6. The number of hydrogen-bond donors (Lipinski definition) is 0. The topological polar surface area (TPSA) is 102 Å². The van der Waals surface area contributed by atoms with Crippen molar-refractivity contribution in [2.75, 3.05) is 7.11 Å². The van der Waals surface area contributed by atoms with Crippen molar-refractivity contribution < 1.29 is 26.9 Å². The van der Waals surface area contributed by atoms with Gasteiger partial charge < -0.3 is 4.74 Å². The number of nitrogens with zero attached hydrogens (tertiary/aromatic N) is 3. The Morgan fingerprint density at radius 1 is 0.938 bits per heavy atom. The van der Waals surface area contributed by atoms with Gasteiger partial charge in [-0.3, -0.25) is 3.97 Å². The van der Waals surface area contributed by atoms with Crippen molar-refractivity contribution in [1.82, 2.24) is 3.97 Å². The number of aromatic nitrogens is 1. The van der Waals surface area contributed by atoms with Gasteiger partial charge in [0.05, 0.1) is 45.4 Å². The van der Waals surface area contributed by atoms with Gasteiger partial charge in [-0.05, 0) is 59.3 Å². The fraction of sp³-hybridized carbons (Fsp3) is 0.0556. The van der Waals surface area contributed by atoms with Crippen molar-refractivity contribution in [3.63, 3.8) is 0 Å². The molecular weight excluding hydrogens is 663 g/mol. The highest BCUT2D eigenvalue weighted by Gasteiger charge is 2.27. The Balaban J connectivity index is 1.67.